The van der Waals surface area contributed by atoms with Crippen LogP contribution in [-0.4, -0.2) is 16.2 Å². The van der Waals surface area contributed by atoms with E-state index in [-0.39, 0.29) is 5.56 Å². The highest BCUT2D eigenvalue weighted by atomic mass is 19.1. The molecule has 0 radical (unpaired) electrons. The molecule has 0 spiro atoms. The number of hydrogen-bond donors (Lipinski definition) is 2. The van der Waals surface area contributed by atoms with Gasteiger partial charge in [0.2, 0.25) is 0 Å². The molecule has 1 aromatic rings. The van der Waals surface area contributed by atoms with Crippen molar-refractivity contribution in [1.29, 1.82) is 0 Å². The molecule has 1 aromatic carbocycles. The number of aromatic carboxylic acids is 1. The lowest BCUT2D eigenvalue weighted by Gasteiger charge is -2.02. The minimum atomic E-state index is -1.37. The molecule has 0 unspecified atom stereocenters. The molecule has 3 nitrogen and oxygen atoms in total. The highest BCUT2D eigenvalue weighted by Crippen LogP contribution is 2.21. The van der Waals surface area contributed by atoms with Crippen LogP contribution in [0.4, 0.5) is 4.39 Å². The predicted molar refractivity (Wildman–Crippen MR) is 39.8 cm³/mol. The first kappa shape index (κ1) is 8.52. The molecule has 0 aliphatic rings. The van der Waals surface area contributed by atoms with E-state index in [1.165, 1.54) is 13.0 Å². The van der Waals surface area contributed by atoms with Crippen molar-refractivity contribution in [3.8, 4) is 5.75 Å². The number of rotatable bonds is 1. The van der Waals surface area contributed by atoms with Gasteiger partial charge in [0.05, 0.1) is 0 Å². The lowest BCUT2D eigenvalue weighted by atomic mass is 10.1. The summed E-state index contributed by atoms with van der Waals surface area (Å²) in [5.41, 5.74) is -0.187. The molecule has 0 amide bonds. The Morgan fingerprint density at radius 1 is 1.50 bits per heavy atom. The maximum absolute atomic E-state index is 12.9. The fourth-order valence-corrected chi connectivity index (χ4v) is 0.924. The monoisotopic (exact) mass is 170 g/mol. The van der Waals surface area contributed by atoms with Gasteiger partial charge in [0.25, 0.3) is 0 Å². The van der Waals surface area contributed by atoms with E-state index >= 15 is 0 Å². The summed E-state index contributed by atoms with van der Waals surface area (Å²) < 4.78 is 12.9. The van der Waals surface area contributed by atoms with Gasteiger partial charge in [-0.25, -0.2) is 9.18 Å². The van der Waals surface area contributed by atoms with Crippen molar-refractivity contribution in [2.24, 2.45) is 0 Å². The maximum atomic E-state index is 12.9. The molecule has 0 saturated carbocycles. The first-order valence-electron chi connectivity index (χ1n) is 3.25. The third-order valence-corrected chi connectivity index (χ3v) is 1.54. The van der Waals surface area contributed by atoms with E-state index in [0.717, 1.165) is 6.07 Å². The highest BCUT2D eigenvalue weighted by molar-refractivity contribution is 5.90. The molecule has 0 aliphatic heterocycles. The van der Waals surface area contributed by atoms with Gasteiger partial charge < -0.3 is 10.2 Å². The molecule has 1 rings (SSSR count). The number of hydrogen-bond acceptors (Lipinski definition) is 2. The summed E-state index contributed by atoms with van der Waals surface area (Å²) in [5, 5.41) is 17.4. The van der Waals surface area contributed by atoms with Gasteiger partial charge in [0, 0.05) is 0 Å². The van der Waals surface area contributed by atoms with Gasteiger partial charge in [0.1, 0.15) is 5.56 Å². The number of phenolic OH excluding ortho intramolecular Hbond substituents is 1. The zero-order valence-electron chi connectivity index (χ0n) is 6.34. The smallest absolute Gasteiger partial charge is 0.339 e. The number of benzene rings is 1. The van der Waals surface area contributed by atoms with Crippen LogP contribution in [-0.2, 0) is 0 Å². The largest absolute Gasteiger partial charge is 0.505 e. The van der Waals surface area contributed by atoms with Gasteiger partial charge in [-0.1, -0.05) is 6.07 Å². The standard InChI is InChI=1S/C8H7FO3/c1-4-2-3-5(10)7(9)6(4)8(11)12/h2-3,10H,1H3,(H,11,12). The van der Waals surface area contributed by atoms with Crippen LogP contribution in [0, 0.1) is 12.7 Å². The van der Waals surface area contributed by atoms with Gasteiger partial charge in [0.15, 0.2) is 11.6 Å². The van der Waals surface area contributed by atoms with Crippen LogP contribution < -0.4 is 0 Å². The Hall–Kier alpha value is -1.58. The van der Waals surface area contributed by atoms with E-state index in [9.17, 15) is 9.18 Å². The van der Waals surface area contributed by atoms with Crippen molar-refractivity contribution in [1.82, 2.24) is 0 Å². The molecule has 4 heteroatoms. The lowest BCUT2D eigenvalue weighted by molar-refractivity contribution is 0.0690. The van der Waals surface area contributed by atoms with Gasteiger partial charge in [-0.3, -0.25) is 0 Å². The number of phenols is 1. The number of aryl methyl sites for hydroxylation is 1. The molecular formula is C8H7FO3. The molecule has 12 heavy (non-hydrogen) atoms. The van der Waals surface area contributed by atoms with Crippen LogP contribution >= 0.6 is 0 Å². The molecule has 64 valence electrons. The van der Waals surface area contributed by atoms with Gasteiger partial charge in [-0.15, -0.1) is 0 Å². The zero-order chi connectivity index (χ0) is 9.30. The van der Waals surface area contributed by atoms with Crippen molar-refractivity contribution in [3.05, 3.63) is 29.1 Å². The van der Waals surface area contributed by atoms with Crippen LogP contribution in [0.2, 0.25) is 0 Å². The molecular weight excluding hydrogens is 163 g/mol. The number of carbonyl (C=O) groups is 1. The molecule has 0 bridgehead atoms. The van der Waals surface area contributed by atoms with Crippen molar-refractivity contribution in [2.75, 3.05) is 0 Å². The summed E-state index contributed by atoms with van der Waals surface area (Å²) >= 11 is 0. The van der Waals surface area contributed by atoms with Crippen LogP contribution in [0.15, 0.2) is 12.1 Å². The van der Waals surface area contributed by atoms with E-state index in [1.807, 2.05) is 0 Å². The molecule has 2 N–H and O–H groups in total. The van der Waals surface area contributed by atoms with E-state index in [1.54, 1.807) is 0 Å². The second-order valence-corrected chi connectivity index (χ2v) is 2.40. The molecule has 0 aromatic heterocycles. The summed E-state index contributed by atoms with van der Waals surface area (Å²) in [7, 11) is 0. The Morgan fingerprint density at radius 2 is 2.08 bits per heavy atom. The summed E-state index contributed by atoms with van der Waals surface area (Å²) in [5.74, 6) is -3.10. The third kappa shape index (κ3) is 1.23. The summed E-state index contributed by atoms with van der Waals surface area (Å²) in [4.78, 5) is 10.4. The Labute approximate surface area is 68.1 Å². The first-order chi connectivity index (χ1) is 5.54. The Balaban J connectivity index is 3.43. The fourth-order valence-electron chi connectivity index (χ4n) is 0.924. The quantitative estimate of drug-likeness (QED) is 0.672. The van der Waals surface area contributed by atoms with Gasteiger partial charge in [-0.2, -0.15) is 0 Å². The lowest BCUT2D eigenvalue weighted by Crippen LogP contribution is -2.03. The van der Waals surface area contributed by atoms with E-state index in [2.05, 4.69) is 0 Å². The van der Waals surface area contributed by atoms with E-state index in [0.29, 0.717) is 0 Å². The molecule has 0 heterocycles. The predicted octanol–water partition coefficient (Wildman–Crippen LogP) is 1.54. The van der Waals surface area contributed by atoms with Crippen LogP contribution in [0.1, 0.15) is 15.9 Å². The van der Waals surface area contributed by atoms with E-state index < -0.39 is 23.1 Å². The van der Waals surface area contributed by atoms with Crippen molar-refractivity contribution in [2.45, 2.75) is 6.92 Å². The highest BCUT2D eigenvalue weighted by Gasteiger charge is 2.16. The van der Waals surface area contributed by atoms with Crippen molar-refractivity contribution >= 4 is 5.97 Å². The minimum Gasteiger partial charge on any atom is -0.505 e. The van der Waals surface area contributed by atoms with Gasteiger partial charge >= 0.3 is 5.97 Å². The fraction of sp³-hybridized carbons (Fsp3) is 0.125. The first-order valence-corrected chi connectivity index (χ1v) is 3.25. The Morgan fingerprint density at radius 3 is 2.50 bits per heavy atom. The second-order valence-electron chi connectivity index (χ2n) is 2.40. The number of aromatic hydroxyl groups is 1. The zero-order valence-corrected chi connectivity index (χ0v) is 6.34. The molecule has 0 aliphatic carbocycles. The number of carboxylic acids is 1. The SMILES string of the molecule is Cc1ccc(O)c(F)c1C(=O)O. The van der Waals surface area contributed by atoms with Crippen LogP contribution in [0.5, 0.6) is 5.75 Å². The number of halogens is 1. The van der Waals surface area contributed by atoms with Crippen molar-refractivity contribution in [3.63, 3.8) is 0 Å². The van der Waals surface area contributed by atoms with Gasteiger partial charge in [-0.05, 0) is 18.6 Å². The third-order valence-electron chi connectivity index (χ3n) is 1.54. The molecule has 0 atom stereocenters. The second kappa shape index (κ2) is 2.81. The average Bonchev–Trinajstić information content (AvgIpc) is 1.97. The average molecular weight is 170 g/mol. The summed E-state index contributed by atoms with van der Waals surface area (Å²) in [6.45, 7) is 1.46. The summed E-state index contributed by atoms with van der Waals surface area (Å²) in [6, 6.07) is 2.47. The normalized spacial score (nSPS) is 9.83. The Bertz CT molecular complexity index is 333. The molecule has 0 fully saturated rings. The Kier molecular flexibility index (Phi) is 1.99. The summed E-state index contributed by atoms with van der Waals surface area (Å²) in [6.07, 6.45) is 0. The van der Waals surface area contributed by atoms with Crippen molar-refractivity contribution < 1.29 is 19.4 Å². The number of carboxylic acid groups (broad SMARTS) is 1. The molecule has 0 saturated heterocycles. The van der Waals surface area contributed by atoms with E-state index in [4.69, 9.17) is 10.2 Å². The minimum absolute atomic E-state index is 0.290. The maximum Gasteiger partial charge on any atom is 0.339 e. The van der Waals surface area contributed by atoms with Crippen LogP contribution in [0.3, 0.4) is 0 Å². The topological polar surface area (TPSA) is 57.5 Å². The van der Waals surface area contributed by atoms with Crippen LogP contribution in [0.25, 0.3) is 0 Å².